The van der Waals surface area contributed by atoms with E-state index < -0.39 is 36.1 Å². The first-order chi connectivity index (χ1) is 15.5. The molecule has 1 heterocycles. The molecule has 0 radical (unpaired) electrons. The maximum atomic E-state index is 13.0. The number of alkyl halides is 6. The van der Waals surface area contributed by atoms with Gasteiger partial charge >= 0.3 is 18.4 Å². The minimum atomic E-state index is -4.97. The Hall–Kier alpha value is -3.50. The van der Waals surface area contributed by atoms with Crippen LogP contribution in [0.2, 0.25) is 0 Å². The lowest BCUT2D eigenvalue weighted by Gasteiger charge is -2.14. The number of halogens is 6. The van der Waals surface area contributed by atoms with Crippen molar-refractivity contribution in [3.8, 4) is 11.4 Å². The lowest BCUT2D eigenvalue weighted by Crippen LogP contribution is -2.27. The topological polar surface area (TPSA) is 56.1 Å². The first-order valence-electron chi connectivity index (χ1n) is 9.85. The van der Waals surface area contributed by atoms with E-state index >= 15 is 0 Å². The molecular weight excluding hydrogens is 452 g/mol. The molecule has 0 saturated heterocycles. The van der Waals surface area contributed by atoms with Gasteiger partial charge in [-0.05, 0) is 42.3 Å². The van der Waals surface area contributed by atoms with Gasteiger partial charge in [0.15, 0.2) is 5.75 Å². The summed E-state index contributed by atoms with van der Waals surface area (Å²) in [6.45, 7) is 1.32. The maximum absolute atomic E-state index is 13.0. The summed E-state index contributed by atoms with van der Waals surface area (Å²) in [7, 11) is 0. The number of carbonyl (C=O) groups excluding carboxylic acids is 1. The van der Waals surface area contributed by atoms with Gasteiger partial charge in [0.05, 0.1) is 28.7 Å². The lowest BCUT2D eigenvalue weighted by molar-refractivity contribution is -0.143. The van der Waals surface area contributed by atoms with Gasteiger partial charge in [-0.1, -0.05) is 31.5 Å². The van der Waals surface area contributed by atoms with Gasteiger partial charge in [0, 0.05) is 6.54 Å². The summed E-state index contributed by atoms with van der Waals surface area (Å²) < 4.78 is 84.8. The fraction of sp³-hybridized carbons (Fsp3) is 0.273. The van der Waals surface area contributed by atoms with Crippen LogP contribution in [0.3, 0.4) is 0 Å². The quantitative estimate of drug-likeness (QED) is 0.439. The van der Waals surface area contributed by atoms with Crippen LogP contribution in [0.15, 0.2) is 54.7 Å². The number of nitrogens with one attached hydrogen (secondary N) is 1. The van der Waals surface area contributed by atoms with Gasteiger partial charge in [0.2, 0.25) is 0 Å². The van der Waals surface area contributed by atoms with Gasteiger partial charge in [0.1, 0.15) is 0 Å². The highest BCUT2D eigenvalue weighted by molar-refractivity contribution is 5.70. The molecule has 0 saturated carbocycles. The minimum absolute atomic E-state index is 0.0246. The van der Waals surface area contributed by atoms with Gasteiger partial charge in [-0.3, -0.25) is 0 Å². The van der Waals surface area contributed by atoms with Crippen LogP contribution in [-0.4, -0.2) is 15.9 Å². The number of benzene rings is 2. The molecule has 11 heteroatoms. The molecule has 0 spiro atoms. The number of para-hydroxylation sites is 1. The first kappa shape index (κ1) is 24.1. The molecule has 3 aromatic rings. The summed E-state index contributed by atoms with van der Waals surface area (Å²) in [5.41, 5.74) is -1.96. The Labute approximate surface area is 185 Å². The Morgan fingerprint density at radius 1 is 1.00 bits per heavy atom. The van der Waals surface area contributed by atoms with Gasteiger partial charge < -0.3 is 10.1 Å². The van der Waals surface area contributed by atoms with E-state index in [1.807, 2.05) is 37.3 Å². The summed E-state index contributed by atoms with van der Waals surface area (Å²) >= 11 is 0. The standard InChI is InChI=1S/C22H19F6N3O2/c1-2-6-18-19(13-30-31(18)17-7-4-3-5-8-17)33-20(32)29-12-14-9-15(21(23,24)25)11-16(10-14)22(26,27)28/h3-5,7-11,13H,2,6,12H2,1H3,(H,29,32). The Morgan fingerprint density at radius 3 is 2.15 bits per heavy atom. The molecule has 3 rings (SSSR count). The molecule has 0 atom stereocenters. The Morgan fingerprint density at radius 2 is 1.61 bits per heavy atom. The molecule has 0 bridgehead atoms. The van der Waals surface area contributed by atoms with Crippen LogP contribution in [0, 0.1) is 0 Å². The highest BCUT2D eigenvalue weighted by Gasteiger charge is 2.36. The predicted octanol–water partition coefficient (Wildman–Crippen LogP) is 6.15. The van der Waals surface area contributed by atoms with E-state index in [9.17, 15) is 31.1 Å². The predicted molar refractivity (Wildman–Crippen MR) is 107 cm³/mol. The highest BCUT2D eigenvalue weighted by Crippen LogP contribution is 2.36. The zero-order valence-electron chi connectivity index (χ0n) is 17.3. The van der Waals surface area contributed by atoms with Crippen LogP contribution in [0.1, 0.15) is 35.7 Å². The van der Waals surface area contributed by atoms with E-state index in [0.29, 0.717) is 30.7 Å². The third-order valence-electron chi connectivity index (χ3n) is 4.61. The van der Waals surface area contributed by atoms with Crippen molar-refractivity contribution in [1.82, 2.24) is 15.1 Å². The Kier molecular flexibility index (Phi) is 6.99. The molecule has 0 fully saturated rings. The van der Waals surface area contributed by atoms with E-state index in [1.54, 1.807) is 4.68 Å². The normalized spacial score (nSPS) is 12.0. The van der Waals surface area contributed by atoms with E-state index in [0.717, 1.165) is 5.69 Å². The van der Waals surface area contributed by atoms with Crippen molar-refractivity contribution < 1.29 is 35.9 Å². The summed E-state index contributed by atoms with van der Waals surface area (Å²) in [4.78, 5) is 12.2. The molecule has 33 heavy (non-hydrogen) atoms. The van der Waals surface area contributed by atoms with Crippen LogP contribution in [0.5, 0.6) is 5.75 Å². The van der Waals surface area contributed by atoms with Crippen molar-refractivity contribution in [2.24, 2.45) is 0 Å². The van der Waals surface area contributed by atoms with Gasteiger partial charge in [-0.2, -0.15) is 31.4 Å². The summed E-state index contributed by atoms with van der Waals surface area (Å²) in [5.74, 6) is 0.137. The maximum Gasteiger partial charge on any atom is 0.416 e. The molecule has 0 aliphatic carbocycles. The monoisotopic (exact) mass is 471 g/mol. The number of carbonyl (C=O) groups is 1. The van der Waals surface area contributed by atoms with Crippen LogP contribution in [0.25, 0.3) is 5.69 Å². The van der Waals surface area contributed by atoms with E-state index in [2.05, 4.69) is 10.4 Å². The Bertz CT molecular complexity index is 1080. The van der Waals surface area contributed by atoms with E-state index in [-0.39, 0.29) is 17.4 Å². The highest BCUT2D eigenvalue weighted by atomic mass is 19.4. The smallest absolute Gasteiger partial charge is 0.407 e. The molecule has 0 aliphatic heterocycles. The second-order valence-electron chi connectivity index (χ2n) is 7.11. The molecule has 1 N–H and O–H groups in total. The fourth-order valence-electron chi connectivity index (χ4n) is 3.13. The number of aromatic nitrogens is 2. The van der Waals surface area contributed by atoms with Crippen molar-refractivity contribution in [3.05, 3.63) is 77.1 Å². The molecule has 5 nitrogen and oxygen atoms in total. The number of nitrogens with zero attached hydrogens (tertiary/aromatic N) is 2. The molecule has 0 unspecified atom stereocenters. The zero-order valence-corrected chi connectivity index (χ0v) is 17.3. The van der Waals surface area contributed by atoms with Gasteiger partial charge in [-0.15, -0.1) is 0 Å². The molecule has 1 amide bonds. The molecule has 1 aromatic heterocycles. The zero-order chi connectivity index (χ0) is 24.2. The van der Waals surface area contributed by atoms with Crippen molar-refractivity contribution >= 4 is 6.09 Å². The summed E-state index contributed by atoms with van der Waals surface area (Å²) in [5, 5.41) is 6.41. The number of hydrogen-bond acceptors (Lipinski definition) is 3. The van der Waals surface area contributed by atoms with Crippen molar-refractivity contribution in [1.29, 1.82) is 0 Å². The van der Waals surface area contributed by atoms with Crippen LogP contribution >= 0.6 is 0 Å². The fourth-order valence-corrected chi connectivity index (χ4v) is 3.13. The minimum Gasteiger partial charge on any atom is -0.407 e. The third kappa shape index (κ3) is 6.05. The molecule has 0 aliphatic rings. The lowest BCUT2D eigenvalue weighted by atomic mass is 10.0. The second kappa shape index (κ2) is 9.55. The van der Waals surface area contributed by atoms with Gasteiger partial charge in [-0.25, -0.2) is 9.48 Å². The number of hydrogen-bond donors (Lipinski definition) is 1. The first-order valence-corrected chi connectivity index (χ1v) is 9.85. The molecular formula is C22H19F6N3O2. The third-order valence-corrected chi connectivity index (χ3v) is 4.61. The molecule has 2 aromatic carbocycles. The largest absolute Gasteiger partial charge is 0.416 e. The van der Waals surface area contributed by atoms with Crippen LogP contribution in [0.4, 0.5) is 31.1 Å². The van der Waals surface area contributed by atoms with Crippen molar-refractivity contribution in [2.75, 3.05) is 0 Å². The van der Waals surface area contributed by atoms with Crippen LogP contribution in [-0.2, 0) is 25.3 Å². The van der Waals surface area contributed by atoms with Crippen molar-refractivity contribution in [2.45, 2.75) is 38.7 Å². The average molecular weight is 471 g/mol. The SMILES string of the molecule is CCCc1c(OC(=O)NCc2cc(C(F)(F)F)cc(C(F)(F)F)c2)cnn1-c1ccccc1. The Balaban J connectivity index is 1.77. The number of rotatable bonds is 6. The molecule has 176 valence electrons. The van der Waals surface area contributed by atoms with Gasteiger partial charge in [0.25, 0.3) is 0 Å². The van der Waals surface area contributed by atoms with Crippen molar-refractivity contribution in [3.63, 3.8) is 0 Å². The number of amides is 1. The van der Waals surface area contributed by atoms with E-state index in [4.69, 9.17) is 4.74 Å². The van der Waals surface area contributed by atoms with Crippen LogP contribution < -0.4 is 10.1 Å². The second-order valence-corrected chi connectivity index (χ2v) is 7.11. The number of ether oxygens (including phenoxy) is 1. The van der Waals surface area contributed by atoms with E-state index in [1.165, 1.54) is 6.20 Å². The summed E-state index contributed by atoms with van der Waals surface area (Å²) in [6.07, 6.45) is -8.44. The average Bonchev–Trinajstić information content (AvgIpc) is 3.14. The summed E-state index contributed by atoms with van der Waals surface area (Å²) in [6, 6.07) is 10.2.